The molecule has 1 aromatic heterocycles. The van der Waals surface area contributed by atoms with E-state index >= 15 is 0 Å². The summed E-state index contributed by atoms with van der Waals surface area (Å²) in [5.74, 6) is 0. The van der Waals surface area contributed by atoms with Gasteiger partial charge in [0.25, 0.3) is 0 Å². The fraction of sp³-hybridized carbons (Fsp3) is 0.286. The molecule has 0 radical (unpaired) electrons. The van der Waals surface area contributed by atoms with E-state index < -0.39 is 10.0 Å². The molecule has 1 unspecified atom stereocenters. The van der Waals surface area contributed by atoms with Gasteiger partial charge in [0.2, 0.25) is 10.0 Å². The van der Waals surface area contributed by atoms with E-state index in [1.807, 2.05) is 26.0 Å². The summed E-state index contributed by atoms with van der Waals surface area (Å²) in [5.41, 5.74) is 6.43. The Balaban J connectivity index is 2.26. The van der Waals surface area contributed by atoms with Crippen molar-refractivity contribution in [3.8, 4) is 0 Å². The molecule has 0 spiro atoms. The van der Waals surface area contributed by atoms with Crippen molar-refractivity contribution < 1.29 is 8.42 Å². The lowest BCUT2D eigenvalue weighted by Crippen LogP contribution is -2.26. The molecule has 7 heteroatoms. The molecule has 2 rings (SSSR count). The third kappa shape index (κ3) is 3.92. The van der Waals surface area contributed by atoms with Crippen LogP contribution in [0.4, 0.5) is 0 Å². The van der Waals surface area contributed by atoms with Crippen molar-refractivity contribution in [3.63, 3.8) is 0 Å². The fourth-order valence-corrected chi connectivity index (χ4v) is 5.23. The van der Waals surface area contributed by atoms with Crippen LogP contribution < -0.4 is 10.5 Å². The maximum atomic E-state index is 12.5. The maximum absolute atomic E-state index is 12.5. The van der Waals surface area contributed by atoms with Gasteiger partial charge in [0, 0.05) is 20.8 Å². The minimum absolute atomic E-state index is 0.222. The molecule has 1 atom stereocenters. The second kappa shape index (κ2) is 6.58. The van der Waals surface area contributed by atoms with Crippen LogP contribution in [0.5, 0.6) is 0 Å². The Morgan fingerprint density at radius 3 is 2.57 bits per heavy atom. The summed E-state index contributed by atoms with van der Waals surface area (Å²) in [7, 11) is -3.59. The average Bonchev–Trinajstić information content (AvgIpc) is 2.84. The molecule has 4 nitrogen and oxygen atoms in total. The molecule has 1 heterocycles. The quantitative estimate of drug-likeness (QED) is 0.824. The third-order valence-corrected chi connectivity index (χ3v) is 6.74. The highest BCUT2D eigenvalue weighted by atomic mass is 79.9. The summed E-state index contributed by atoms with van der Waals surface area (Å²) in [5, 5.41) is 0. The van der Waals surface area contributed by atoms with Gasteiger partial charge in [-0.15, -0.1) is 11.3 Å². The van der Waals surface area contributed by atoms with E-state index in [2.05, 4.69) is 20.7 Å². The Morgan fingerprint density at radius 2 is 2.05 bits per heavy atom. The van der Waals surface area contributed by atoms with Crippen LogP contribution in [0, 0.1) is 6.92 Å². The first kappa shape index (κ1) is 16.6. The van der Waals surface area contributed by atoms with E-state index in [-0.39, 0.29) is 10.9 Å². The molecule has 3 N–H and O–H groups in total. The van der Waals surface area contributed by atoms with E-state index in [9.17, 15) is 8.42 Å². The standard InChI is InChI=1S/C14H17BrN2O2S2/c1-9-3-5-13(20-9)10(2)17-21(18,19)14-6-4-11(8-16)7-12(14)15/h3-7,10,17H,8,16H2,1-2H3. The lowest BCUT2D eigenvalue weighted by atomic mass is 10.2. The van der Waals surface area contributed by atoms with Crippen LogP contribution in [0.2, 0.25) is 0 Å². The van der Waals surface area contributed by atoms with Crippen molar-refractivity contribution in [2.75, 3.05) is 0 Å². The van der Waals surface area contributed by atoms with Gasteiger partial charge in [-0.25, -0.2) is 13.1 Å². The summed E-state index contributed by atoms with van der Waals surface area (Å²) in [6.07, 6.45) is 0. The Bertz CT molecular complexity index is 741. The first-order valence-electron chi connectivity index (χ1n) is 6.40. The van der Waals surface area contributed by atoms with Gasteiger partial charge in [0.15, 0.2) is 0 Å². The van der Waals surface area contributed by atoms with Gasteiger partial charge in [-0.05, 0) is 59.6 Å². The second-order valence-electron chi connectivity index (χ2n) is 4.76. The molecule has 114 valence electrons. The number of thiophene rings is 1. The molecular formula is C14H17BrN2O2S2. The minimum atomic E-state index is -3.59. The summed E-state index contributed by atoms with van der Waals surface area (Å²) < 4.78 is 28.2. The Kier molecular flexibility index (Phi) is 5.21. The van der Waals surface area contributed by atoms with E-state index in [0.717, 1.165) is 15.3 Å². The molecule has 0 aliphatic heterocycles. The molecule has 0 saturated carbocycles. The largest absolute Gasteiger partial charge is 0.326 e. The lowest BCUT2D eigenvalue weighted by Gasteiger charge is -2.14. The molecule has 1 aromatic carbocycles. The molecule has 0 saturated heterocycles. The lowest BCUT2D eigenvalue weighted by molar-refractivity contribution is 0.568. The Hall–Kier alpha value is -0.730. The maximum Gasteiger partial charge on any atom is 0.242 e. The number of rotatable bonds is 5. The summed E-state index contributed by atoms with van der Waals surface area (Å²) in [4.78, 5) is 2.37. The fourth-order valence-electron chi connectivity index (χ4n) is 1.93. The molecular weight excluding hydrogens is 372 g/mol. The Labute approximate surface area is 137 Å². The topological polar surface area (TPSA) is 72.2 Å². The number of hydrogen-bond acceptors (Lipinski definition) is 4. The first-order chi connectivity index (χ1) is 9.83. The summed E-state index contributed by atoms with van der Waals surface area (Å²) >= 11 is 4.89. The number of nitrogens with one attached hydrogen (secondary N) is 1. The van der Waals surface area contributed by atoms with Crippen LogP contribution in [-0.4, -0.2) is 8.42 Å². The van der Waals surface area contributed by atoms with E-state index in [1.165, 1.54) is 0 Å². The van der Waals surface area contributed by atoms with Crippen molar-refractivity contribution in [2.45, 2.75) is 31.3 Å². The van der Waals surface area contributed by atoms with Crippen LogP contribution in [0.15, 0.2) is 39.7 Å². The predicted molar refractivity (Wildman–Crippen MR) is 89.8 cm³/mol. The van der Waals surface area contributed by atoms with Crippen LogP contribution in [0.3, 0.4) is 0 Å². The van der Waals surface area contributed by atoms with Gasteiger partial charge in [-0.3, -0.25) is 0 Å². The molecule has 21 heavy (non-hydrogen) atoms. The van der Waals surface area contributed by atoms with Crippen molar-refractivity contribution >= 4 is 37.3 Å². The second-order valence-corrected chi connectivity index (χ2v) is 8.62. The van der Waals surface area contributed by atoms with Gasteiger partial charge >= 0.3 is 0 Å². The SMILES string of the molecule is Cc1ccc(C(C)NS(=O)(=O)c2ccc(CN)cc2Br)s1. The molecule has 0 fully saturated rings. The van der Waals surface area contributed by atoms with E-state index in [4.69, 9.17) is 5.73 Å². The number of sulfonamides is 1. The zero-order chi connectivity index (χ0) is 15.6. The number of nitrogens with two attached hydrogens (primary N) is 1. The van der Waals surface area contributed by atoms with E-state index in [1.54, 1.807) is 29.5 Å². The van der Waals surface area contributed by atoms with Gasteiger partial charge in [0.1, 0.15) is 0 Å². The summed E-state index contributed by atoms with van der Waals surface area (Å²) in [6, 6.07) is 8.68. The number of halogens is 1. The van der Waals surface area contributed by atoms with Crippen LogP contribution in [-0.2, 0) is 16.6 Å². The monoisotopic (exact) mass is 388 g/mol. The van der Waals surface area contributed by atoms with Crippen molar-refractivity contribution in [2.24, 2.45) is 5.73 Å². The van der Waals surface area contributed by atoms with Gasteiger partial charge in [0.05, 0.1) is 10.9 Å². The Morgan fingerprint density at radius 1 is 1.33 bits per heavy atom. The molecule has 0 bridgehead atoms. The highest BCUT2D eigenvalue weighted by Gasteiger charge is 2.21. The number of hydrogen-bond donors (Lipinski definition) is 2. The van der Waals surface area contributed by atoms with Gasteiger partial charge in [-0.2, -0.15) is 0 Å². The smallest absolute Gasteiger partial charge is 0.242 e. The van der Waals surface area contributed by atoms with Crippen molar-refractivity contribution in [1.29, 1.82) is 0 Å². The highest BCUT2D eigenvalue weighted by Crippen LogP contribution is 2.27. The first-order valence-corrected chi connectivity index (χ1v) is 9.50. The predicted octanol–water partition coefficient (Wildman–Crippen LogP) is 3.32. The number of benzene rings is 1. The third-order valence-electron chi connectivity index (χ3n) is 3.04. The average molecular weight is 389 g/mol. The van der Waals surface area contributed by atoms with Gasteiger partial charge in [-0.1, -0.05) is 6.07 Å². The normalized spacial score (nSPS) is 13.3. The minimum Gasteiger partial charge on any atom is -0.326 e. The highest BCUT2D eigenvalue weighted by molar-refractivity contribution is 9.10. The van der Waals surface area contributed by atoms with E-state index in [0.29, 0.717) is 11.0 Å². The van der Waals surface area contributed by atoms with Gasteiger partial charge < -0.3 is 5.73 Å². The number of aryl methyl sites for hydroxylation is 1. The molecule has 2 aromatic rings. The van der Waals surface area contributed by atoms with Crippen molar-refractivity contribution in [1.82, 2.24) is 4.72 Å². The van der Waals surface area contributed by atoms with Crippen LogP contribution >= 0.6 is 27.3 Å². The van der Waals surface area contributed by atoms with Crippen LogP contribution in [0.1, 0.15) is 28.3 Å². The molecule has 0 amide bonds. The zero-order valence-corrected chi connectivity index (χ0v) is 15.0. The summed E-state index contributed by atoms with van der Waals surface area (Å²) in [6.45, 7) is 4.21. The molecule has 0 aliphatic rings. The zero-order valence-electron chi connectivity index (χ0n) is 11.8. The van der Waals surface area contributed by atoms with Crippen molar-refractivity contribution in [3.05, 3.63) is 50.1 Å². The van der Waals surface area contributed by atoms with Crippen LogP contribution in [0.25, 0.3) is 0 Å². The molecule has 0 aliphatic carbocycles.